The van der Waals surface area contributed by atoms with Crippen LogP contribution in [-0.4, -0.2) is 34.1 Å². The summed E-state index contributed by atoms with van der Waals surface area (Å²) in [5.41, 5.74) is 0. The number of alkyl halides is 3. The second-order valence-electron chi connectivity index (χ2n) is 4.31. The minimum atomic E-state index is -6.66. The Hall–Kier alpha value is -1.62. The van der Waals surface area contributed by atoms with Crippen LogP contribution in [0.25, 0.3) is 0 Å². The van der Waals surface area contributed by atoms with E-state index in [2.05, 4.69) is 9.47 Å². The van der Waals surface area contributed by atoms with Crippen LogP contribution in [0.2, 0.25) is 0 Å². The normalized spacial score (nSPS) is 13.3. The van der Waals surface area contributed by atoms with Crippen LogP contribution in [0.15, 0.2) is 0 Å². The van der Waals surface area contributed by atoms with Crippen LogP contribution in [0.4, 0.5) is 26.3 Å². The Labute approximate surface area is 154 Å². The minimum Gasteiger partial charge on any atom is -0.743 e. The van der Waals surface area contributed by atoms with E-state index < -0.39 is 66.0 Å². The lowest BCUT2D eigenvalue weighted by atomic mass is 10.2. The molecule has 1 unspecified atom stereocenters. The van der Waals surface area contributed by atoms with Gasteiger partial charge in [0.05, 0.1) is 0 Å². The van der Waals surface area contributed by atoms with E-state index in [1.807, 2.05) is 0 Å². The molecule has 1 atom stereocenters. The Morgan fingerprint density at radius 2 is 1.35 bits per heavy atom. The highest BCUT2D eigenvalue weighted by Crippen LogP contribution is 2.36. The minimum absolute atomic E-state index is 1.02. The number of ether oxygens (including phenoxy) is 2. The molecular formula is C11H4F6IO7S-. The predicted molar refractivity (Wildman–Crippen MR) is 75.7 cm³/mol. The van der Waals surface area contributed by atoms with Crippen molar-refractivity contribution < 1.29 is 58.4 Å². The molecule has 1 aromatic rings. The number of carbonyl (C=O) groups excluding carboxylic acids is 2. The van der Waals surface area contributed by atoms with E-state index in [0.717, 1.165) is 0 Å². The summed E-state index contributed by atoms with van der Waals surface area (Å²) < 4.78 is 118. The highest BCUT2D eigenvalue weighted by atomic mass is 127. The van der Waals surface area contributed by atoms with Gasteiger partial charge in [-0.1, -0.05) is 22.6 Å². The quantitative estimate of drug-likeness (QED) is 0.111. The number of hydrogen-bond donors (Lipinski definition) is 0. The van der Waals surface area contributed by atoms with Crippen LogP contribution in [0.5, 0.6) is 11.5 Å². The maximum Gasteiger partial charge on any atom is 0.429 e. The van der Waals surface area contributed by atoms with E-state index in [9.17, 15) is 48.9 Å². The van der Waals surface area contributed by atoms with Crippen molar-refractivity contribution in [1.29, 1.82) is 0 Å². The molecule has 0 aromatic heterocycles. The Morgan fingerprint density at radius 3 is 1.65 bits per heavy atom. The van der Waals surface area contributed by atoms with E-state index in [1.54, 1.807) is 0 Å². The van der Waals surface area contributed by atoms with E-state index in [1.165, 1.54) is 29.5 Å². The lowest BCUT2D eigenvalue weighted by Crippen LogP contribution is -2.41. The standard InChI is InChI=1S/C11H5F6IO7S/c1-2(18)9(19)24-7-3(12)5(14)8(6(15)4(7)13)25-10(20)11(16,17)26(21,22)23/h2H,1H3,(H,21,22,23)/p-1. The van der Waals surface area contributed by atoms with Crippen LogP contribution in [0.3, 0.4) is 0 Å². The van der Waals surface area contributed by atoms with Gasteiger partial charge in [-0.2, -0.15) is 26.3 Å². The molecule has 7 nitrogen and oxygen atoms in total. The molecule has 0 bridgehead atoms. The summed E-state index contributed by atoms with van der Waals surface area (Å²) in [6.45, 7) is 1.19. The molecule has 0 fully saturated rings. The fraction of sp³-hybridized carbons (Fsp3) is 0.273. The molecule has 0 amide bonds. The van der Waals surface area contributed by atoms with Gasteiger partial charge in [-0.05, 0) is 6.92 Å². The maximum atomic E-state index is 13.7. The average molecular weight is 521 g/mol. The Morgan fingerprint density at radius 1 is 1.00 bits per heavy atom. The van der Waals surface area contributed by atoms with Crippen molar-refractivity contribution in [2.45, 2.75) is 16.1 Å². The first-order valence-corrected chi connectivity index (χ1v) is 8.55. The Bertz CT molecular complexity index is 841. The first-order valence-electron chi connectivity index (χ1n) is 5.90. The predicted octanol–water partition coefficient (Wildman–Crippen LogP) is 2.02. The summed E-state index contributed by atoms with van der Waals surface area (Å²) in [6, 6.07) is 0. The fourth-order valence-corrected chi connectivity index (χ4v) is 1.58. The van der Waals surface area contributed by atoms with Crippen molar-refractivity contribution in [3.8, 4) is 11.5 Å². The largest absolute Gasteiger partial charge is 0.743 e. The lowest BCUT2D eigenvalue weighted by Gasteiger charge is -2.18. The van der Waals surface area contributed by atoms with Crippen LogP contribution >= 0.6 is 22.6 Å². The summed E-state index contributed by atoms with van der Waals surface area (Å²) in [4.78, 5) is 22.2. The van der Waals surface area contributed by atoms with Gasteiger partial charge in [0.2, 0.25) is 34.8 Å². The molecule has 0 spiro atoms. The second-order valence-corrected chi connectivity index (χ2v) is 7.60. The molecule has 146 valence electrons. The van der Waals surface area contributed by atoms with Gasteiger partial charge in [0.15, 0.2) is 10.1 Å². The van der Waals surface area contributed by atoms with Gasteiger partial charge in [0.1, 0.15) is 3.92 Å². The number of rotatable bonds is 5. The molecule has 0 aliphatic rings. The second kappa shape index (κ2) is 7.55. The summed E-state index contributed by atoms with van der Waals surface area (Å²) >= 11 is 1.43. The first kappa shape index (κ1) is 22.4. The molecule has 0 N–H and O–H groups in total. The summed E-state index contributed by atoms with van der Waals surface area (Å²) in [6.07, 6.45) is 0. The Balaban J connectivity index is 3.41. The fourth-order valence-electron chi connectivity index (χ4n) is 1.21. The van der Waals surface area contributed by atoms with Gasteiger partial charge in [-0.25, -0.2) is 13.2 Å². The van der Waals surface area contributed by atoms with Gasteiger partial charge in [0.25, 0.3) is 0 Å². The molecule has 0 saturated heterocycles. The van der Waals surface area contributed by atoms with Crippen LogP contribution in [-0.2, 0) is 19.7 Å². The summed E-state index contributed by atoms with van der Waals surface area (Å²) in [5.74, 6) is -19.0. The smallest absolute Gasteiger partial charge is 0.429 e. The van der Waals surface area contributed by atoms with Crippen LogP contribution in [0, 0.1) is 23.3 Å². The molecule has 1 aromatic carbocycles. The molecular weight excluding hydrogens is 517 g/mol. The van der Waals surface area contributed by atoms with Crippen molar-refractivity contribution in [2.24, 2.45) is 0 Å². The van der Waals surface area contributed by atoms with Gasteiger partial charge in [-0.3, -0.25) is 4.79 Å². The van der Waals surface area contributed by atoms with Gasteiger partial charge >= 0.3 is 17.2 Å². The number of esters is 2. The molecule has 15 heteroatoms. The third kappa shape index (κ3) is 4.20. The molecule has 0 aliphatic heterocycles. The number of benzene rings is 1. The van der Waals surface area contributed by atoms with E-state index >= 15 is 0 Å². The summed E-state index contributed by atoms with van der Waals surface area (Å²) in [5, 5.41) is -5.80. The molecule has 1 rings (SSSR count). The molecule has 26 heavy (non-hydrogen) atoms. The number of halogens is 7. The Kier molecular flexibility index (Phi) is 6.51. The molecule has 0 radical (unpaired) electrons. The van der Waals surface area contributed by atoms with E-state index in [-0.39, 0.29) is 0 Å². The molecule has 0 aliphatic carbocycles. The van der Waals surface area contributed by atoms with Crippen molar-refractivity contribution in [3.05, 3.63) is 23.3 Å². The first-order chi connectivity index (χ1) is 11.6. The van der Waals surface area contributed by atoms with Crippen molar-refractivity contribution in [3.63, 3.8) is 0 Å². The monoisotopic (exact) mass is 521 g/mol. The van der Waals surface area contributed by atoms with Gasteiger partial charge in [-0.15, -0.1) is 0 Å². The highest BCUT2D eigenvalue weighted by Gasteiger charge is 2.50. The van der Waals surface area contributed by atoms with Crippen molar-refractivity contribution in [2.75, 3.05) is 0 Å². The molecule has 0 saturated carbocycles. The van der Waals surface area contributed by atoms with E-state index in [0.29, 0.717) is 0 Å². The van der Waals surface area contributed by atoms with Crippen molar-refractivity contribution in [1.82, 2.24) is 0 Å². The maximum absolute atomic E-state index is 13.7. The SMILES string of the molecule is CC(I)C(=O)Oc1c(F)c(F)c(OC(=O)C(F)(F)S(=O)(=O)[O-])c(F)c1F. The van der Waals surface area contributed by atoms with Crippen molar-refractivity contribution >= 4 is 44.6 Å². The number of hydrogen-bond acceptors (Lipinski definition) is 7. The average Bonchev–Trinajstić information content (AvgIpc) is 2.51. The zero-order chi connectivity index (χ0) is 20.6. The third-order valence-corrected chi connectivity index (χ3v) is 3.76. The lowest BCUT2D eigenvalue weighted by molar-refractivity contribution is -0.151. The van der Waals surface area contributed by atoms with Crippen LogP contribution in [0.1, 0.15) is 6.92 Å². The number of carbonyl (C=O) groups is 2. The zero-order valence-corrected chi connectivity index (χ0v) is 15.0. The van der Waals surface area contributed by atoms with Crippen LogP contribution < -0.4 is 9.47 Å². The zero-order valence-electron chi connectivity index (χ0n) is 12.0. The third-order valence-electron chi connectivity index (χ3n) is 2.46. The molecule has 0 heterocycles. The topological polar surface area (TPSA) is 110 Å². The van der Waals surface area contributed by atoms with Gasteiger partial charge in [0, 0.05) is 0 Å². The summed E-state index contributed by atoms with van der Waals surface area (Å²) in [7, 11) is -6.66. The van der Waals surface area contributed by atoms with E-state index in [4.69, 9.17) is 0 Å². The highest BCUT2D eigenvalue weighted by molar-refractivity contribution is 14.1. The van der Waals surface area contributed by atoms with Gasteiger partial charge < -0.3 is 14.0 Å².